The Morgan fingerprint density at radius 1 is 1.26 bits per heavy atom. The first-order valence-electron chi connectivity index (χ1n) is 9.80. The minimum atomic E-state index is 0.726. The van der Waals surface area contributed by atoms with Gasteiger partial charge in [0.2, 0.25) is 0 Å². The molecule has 1 fully saturated rings. The third-order valence-electron chi connectivity index (χ3n) is 5.17. The fourth-order valence-corrected chi connectivity index (χ4v) is 4.75. The van der Waals surface area contributed by atoms with E-state index in [0.717, 1.165) is 40.9 Å². The van der Waals surface area contributed by atoms with Gasteiger partial charge in [-0.25, -0.2) is 0 Å². The van der Waals surface area contributed by atoms with Crippen molar-refractivity contribution in [1.82, 2.24) is 4.90 Å². The molecule has 0 saturated carbocycles. The summed E-state index contributed by atoms with van der Waals surface area (Å²) in [6.45, 7) is 7.81. The monoisotopic (exact) mass is 422 g/mol. The molecule has 2 heterocycles. The number of benzene rings is 1. The molecule has 0 atom stereocenters. The number of nitrogens with zero attached hydrogens (tertiary/aromatic N) is 1. The van der Waals surface area contributed by atoms with Crippen LogP contribution in [0.3, 0.4) is 0 Å². The fraction of sp³-hybridized carbons (Fsp3) is 0.476. The second-order valence-corrected chi connectivity index (χ2v) is 9.16. The summed E-state index contributed by atoms with van der Waals surface area (Å²) in [6.07, 6.45) is 5.32. The molecule has 3 rings (SSSR count). The van der Waals surface area contributed by atoms with Gasteiger partial charge in [0.15, 0.2) is 5.11 Å². The van der Waals surface area contributed by atoms with Gasteiger partial charge < -0.3 is 15.1 Å². The van der Waals surface area contributed by atoms with Crippen LogP contribution in [0.1, 0.15) is 36.1 Å². The van der Waals surface area contributed by atoms with Crippen LogP contribution in [-0.4, -0.2) is 36.2 Å². The van der Waals surface area contributed by atoms with E-state index in [1.54, 1.807) is 16.2 Å². The molecule has 6 heteroatoms. The van der Waals surface area contributed by atoms with Gasteiger partial charge in [-0.05, 0) is 67.5 Å². The molecule has 1 aromatic heterocycles. The van der Waals surface area contributed by atoms with Crippen molar-refractivity contribution in [2.75, 3.05) is 31.5 Å². The molecule has 1 aliphatic rings. The number of hydrogen-bond donors (Lipinski definition) is 2. The summed E-state index contributed by atoms with van der Waals surface area (Å²) in [4.78, 5) is 5.39. The lowest BCUT2D eigenvalue weighted by Crippen LogP contribution is -3.12. The van der Waals surface area contributed by atoms with Crippen molar-refractivity contribution < 1.29 is 4.90 Å². The van der Waals surface area contributed by atoms with Gasteiger partial charge in [-0.3, -0.25) is 0 Å². The quantitative estimate of drug-likeness (QED) is 0.646. The average molecular weight is 423 g/mol. The van der Waals surface area contributed by atoms with Gasteiger partial charge in [0, 0.05) is 28.6 Å². The predicted octanol–water partition coefficient (Wildman–Crippen LogP) is 4.37. The molecular formula is C21H29ClN3S2+. The first-order valence-corrected chi connectivity index (χ1v) is 11.5. The minimum Gasteiger partial charge on any atom is -0.344 e. The Bertz CT molecular complexity index is 727. The number of nitrogens with one attached hydrogen (secondary N) is 2. The lowest BCUT2D eigenvalue weighted by Gasteiger charge is -2.28. The zero-order valence-electron chi connectivity index (χ0n) is 16.0. The van der Waals surface area contributed by atoms with Gasteiger partial charge in [-0.15, -0.1) is 11.3 Å². The molecule has 0 aliphatic carbocycles. The minimum absolute atomic E-state index is 0.726. The maximum atomic E-state index is 6.17. The highest BCUT2D eigenvalue weighted by Gasteiger charge is 2.16. The summed E-state index contributed by atoms with van der Waals surface area (Å²) in [5.74, 6) is 0. The molecular weight excluding hydrogens is 394 g/mol. The Morgan fingerprint density at radius 3 is 2.81 bits per heavy atom. The summed E-state index contributed by atoms with van der Waals surface area (Å²) in [5.41, 5.74) is 2.14. The highest BCUT2D eigenvalue weighted by molar-refractivity contribution is 7.80. The van der Waals surface area contributed by atoms with Crippen LogP contribution in [0.2, 0.25) is 5.02 Å². The molecule has 0 bridgehead atoms. The van der Waals surface area contributed by atoms with Crippen LogP contribution < -0.4 is 10.2 Å². The van der Waals surface area contributed by atoms with Crippen molar-refractivity contribution in [1.29, 1.82) is 0 Å². The topological polar surface area (TPSA) is 19.7 Å². The molecule has 1 saturated heterocycles. The van der Waals surface area contributed by atoms with E-state index in [1.165, 1.54) is 43.8 Å². The number of quaternary nitrogens is 1. The number of likely N-dealkylation sites (tertiary alicyclic amines) is 1. The first kappa shape index (κ1) is 20.6. The van der Waals surface area contributed by atoms with E-state index in [9.17, 15) is 0 Å². The number of halogens is 1. The summed E-state index contributed by atoms with van der Waals surface area (Å²) < 4.78 is 0. The van der Waals surface area contributed by atoms with Gasteiger partial charge >= 0.3 is 0 Å². The SMILES string of the molecule is Cc1ccc(Cl)cc1NC(=S)N(CCC[NH+]1CCCCC1)Cc1cccs1. The Morgan fingerprint density at radius 2 is 2.07 bits per heavy atom. The number of rotatable bonds is 7. The number of hydrogen-bond acceptors (Lipinski definition) is 2. The van der Waals surface area contributed by atoms with E-state index in [0.29, 0.717) is 0 Å². The van der Waals surface area contributed by atoms with Crippen molar-refractivity contribution >= 4 is 46.0 Å². The summed E-state index contributed by atoms with van der Waals surface area (Å²) in [7, 11) is 0. The van der Waals surface area contributed by atoms with Gasteiger partial charge in [0.25, 0.3) is 0 Å². The Labute approximate surface area is 177 Å². The molecule has 27 heavy (non-hydrogen) atoms. The van der Waals surface area contributed by atoms with Crippen LogP contribution >= 0.6 is 35.2 Å². The van der Waals surface area contributed by atoms with Crippen LogP contribution in [0.5, 0.6) is 0 Å². The summed E-state index contributed by atoms with van der Waals surface area (Å²) in [6, 6.07) is 10.2. The van der Waals surface area contributed by atoms with Crippen LogP contribution in [0.25, 0.3) is 0 Å². The van der Waals surface area contributed by atoms with Crippen LogP contribution in [0, 0.1) is 6.92 Å². The van der Waals surface area contributed by atoms with E-state index in [1.807, 2.05) is 18.2 Å². The maximum Gasteiger partial charge on any atom is 0.173 e. The molecule has 2 N–H and O–H groups in total. The van der Waals surface area contributed by atoms with E-state index in [-0.39, 0.29) is 0 Å². The van der Waals surface area contributed by atoms with E-state index in [4.69, 9.17) is 23.8 Å². The van der Waals surface area contributed by atoms with Crippen molar-refractivity contribution in [3.63, 3.8) is 0 Å². The predicted molar refractivity (Wildman–Crippen MR) is 121 cm³/mol. The normalized spacial score (nSPS) is 14.9. The molecule has 146 valence electrons. The molecule has 1 aliphatic heterocycles. The van der Waals surface area contributed by atoms with Crippen molar-refractivity contribution in [2.24, 2.45) is 0 Å². The van der Waals surface area contributed by atoms with Crippen molar-refractivity contribution in [3.05, 3.63) is 51.2 Å². The highest BCUT2D eigenvalue weighted by atomic mass is 35.5. The van der Waals surface area contributed by atoms with E-state index in [2.05, 4.69) is 34.7 Å². The maximum absolute atomic E-state index is 6.17. The molecule has 0 radical (unpaired) electrons. The molecule has 3 nitrogen and oxygen atoms in total. The zero-order valence-corrected chi connectivity index (χ0v) is 18.4. The lowest BCUT2D eigenvalue weighted by molar-refractivity contribution is -0.905. The standard InChI is InChI=1S/C21H28ClN3S2/c1-17-8-9-18(22)15-20(17)23-21(26)25(16-19-7-5-14-27-19)13-6-12-24-10-3-2-4-11-24/h5,7-9,14-15H,2-4,6,10-13,16H2,1H3,(H,23,26)/p+1. The first-order chi connectivity index (χ1) is 13.1. The largest absolute Gasteiger partial charge is 0.344 e. The molecule has 0 amide bonds. The van der Waals surface area contributed by atoms with Crippen molar-refractivity contribution in [3.8, 4) is 0 Å². The van der Waals surface area contributed by atoms with Crippen molar-refractivity contribution in [2.45, 2.75) is 39.2 Å². The molecule has 1 aromatic carbocycles. The fourth-order valence-electron chi connectivity index (χ4n) is 3.59. The van der Waals surface area contributed by atoms with Crippen LogP contribution in [0.4, 0.5) is 5.69 Å². The van der Waals surface area contributed by atoms with Crippen LogP contribution in [-0.2, 0) is 6.54 Å². The lowest BCUT2D eigenvalue weighted by atomic mass is 10.1. The Kier molecular flexibility index (Phi) is 7.94. The third kappa shape index (κ3) is 6.46. The van der Waals surface area contributed by atoms with Gasteiger partial charge in [0.05, 0.1) is 26.2 Å². The Hall–Kier alpha value is -1.14. The second kappa shape index (κ2) is 10.4. The highest BCUT2D eigenvalue weighted by Crippen LogP contribution is 2.21. The summed E-state index contributed by atoms with van der Waals surface area (Å²) >= 11 is 13.7. The average Bonchev–Trinajstić information content (AvgIpc) is 3.18. The van der Waals surface area contributed by atoms with E-state index >= 15 is 0 Å². The van der Waals surface area contributed by atoms with E-state index < -0.39 is 0 Å². The smallest absolute Gasteiger partial charge is 0.173 e. The number of thiocarbonyl (C=S) groups is 1. The van der Waals surface area contributed by atoms with Gasteiger partial charge in [-0.1, -0.05) is 23.7 Å². The van der Waals surface area contributed by atoms with Gasteiger partial charge in [0.1, 0.15) is 0 Å². The molecule has 2 aromatic rings. The number of piperidine rings is 1. The van der Waals surface area contributed by atoms with Gasteiger partial charge in [-0.2, -0.15) is 0 Å². The molecule has 0 spiro atoms. The molecule has 0 unspecified atom stereocenters. The number of anilines is 1. The summed E-state index contributed by atoms with van der Waals surface area (Å²) in [5, 5.41) is 7.06. The Balaban J connectivity index is 1.61. The number of thiophene rings is 1. The zero-order chi connectivity index (χ0) is 19.1. The number of aryl methyl sites for hydroxylation is 1. The van der Waals surface area contributed by atoms with Crippen LogP contribution in [0.15, 0.2) is 35.7 Å². The third-order valence-corrected chi connectivity index (χ3v) is 6.63. The second-order valence-electron chi connectivity index (χ2n) is 7.30.